The summed E-state index contributed by atoms with van der Waals surface area (Å²) in [6.07, 6.45) is -4.62. The van der Waals surface area contributed by atoms with Crippen LogP contribution in [-0.4, -0.2) is 28.2 Å². The van der Waals surface area contributed by atoms with E-state index < -0.39 is 22.7 Å². The van der Waals surface area contributed by atoms with Crippen molar-refractivity contribution in [2.75, 3.05) is 19.4 Å². The summed E-state index contributed by atoms with van der Waals surface area (Å²) >= 11 is 0. The molecule has 0 amide bonds. The van der Waals surface area contributed by atoms with Crippen LogP contribution in [0.15, 0.2) is 23.1 Å². The Morgan fingerprint density at radius 3 is 2.44 bits per heavy atom. The molecule has 0 atom stereocenters. The van der Waals surface area contributed by atoms with Gasteiger partial charge in [0.2, 0.25) is 10.0 Å². The third-order valence-electron chi connectivity index (χ3n) is 1.97. The normalized spacial score (nSPS) is 12.4. The van der Waals surface area contributed by atoms with Crippen molar-refractivity contribution in [3.8, 4) is 5.75 Å². The summed E-state index contributed by atoms with van der Waals surface area (Å²) in [5, 5.41) is 0. The van der Waals surface area contributed by atoms with Gasteiger partial charge in [-0.15, -0.1) is 0 Å². The Hall–Kier alpha value is -1.48. The van der Waals surface area contributed by atoms with Crippen molar-refractivity contribution in [3.63, 3.8) is 0 Å². The average molecular weight is 284 g/mol. The quantitative estimate of drug-likeness (QED) is 0.812. The molecule has 0 aliphatic rings. The van der Waals surface area contributed by atoms with Gasteiger partial charge in [0.05, 0.1) is 17.7 Å². The van der Waals surface area contributed by atoms with Crippen molar-refractivity contribution in [2.45, 2.75) is 11.1 Å². The van der Waals surface area contributed by atoms with Crippen LogP contribution in [-0.2, 0) is 10.0 Å². The highest BCUT2D eigenvalue weighted by Crippen LogP contribution is 2.24. The molecule has 0 aliphatic heterocycles. The number of rotatable bonds is 4. The summed E-state index contributed by atoms with van der Waals surface area (Å²) in [4.78, 5) is -0.356. The molecule has 18 heavy (non-hydrogen) atoms. The summed E-state index contributed by atoms with van der Waals surface area (Å²) in [6.45, 7) is -1.64. The lowest BCUT2D eigenvalue weighted by Crippen LogP contribution is -2.33. The van der Waals surface area contributed by atoms with E-state index in [2.05, 4.69) is 0 Å². The Morgan fingerprint density at radius 1 is 1.39 bits per heavy atom. The first-order valence-electron chi connectivity index (χ1n) is 4.65. The van der Waals surface area contributed by atoms with Crippen LogP contribution in [0, 0.1) is 0 Å². The number of halogens is 3. The van der Waals surface area contributed by atoms with Crippen LogP contribution in [0.2, 0.25) is 0 Å². The highest BCUT2D eigenvalue weighted by atomic mass is 32.2. The van der Waals surface area contributed by atoms with E-state index in [0.29, 0.717) is 0 Å². The maximum atomic E-state index is 11.9. The molecule has 0 bridgehead atoms. The lowest BCUT2D eigenvalue weighted by atomic mass is 10.3. The smallest absolute Gasteiger partial charge is 0.402 e. The van der Waals surface area contributed by atoms with Crippen LogP contribution in [0.5, 0.6) is 5.75 Å². The van der Waals surface area contributed by atoms with E-state index in [0.717, 1.165) is 12.1 Å². The molecule has 0 heterocycles. The van der Waals surface area contributed by atoms with Gasteiger partial charge in [0.1, 0.15) is 12.3 Å². The number of benzene rings is 1. The van der Waals surface area contributed by atoms with Crippen LogP contribution in [0.4, 0.5) is 18.9 Å². The van der Waals surface area contributed by atoms with Gasteiger partial charge in [0.15, 0.2) is 0 Å². The molecule has 1 aromatic carbocycles. The summed E-state index contributed by atoms with van der Waals surface area (Å²) in [5.41, 5.74) is 5.49. The highest BCUT2D eigenvalue weighted by Gasteiger charge is 2.30. The van der Waals surface area contributed by atoms with E-state index >= 15 is 0 Å². The SMILES string of the molecule is COc1ccc(S(=O)(=O)NCC(F)(F)F)cc1N. The van der Waals surface area contributed by atoms with E-state index in [1.807, 2.05) is 0 Å². The van der Waals surface area contributed by atoms with Crippen molar-refractivity contribution in [3.05, 3.63) is 18.2 Å². The van der Waals surface area contributed by atoms with Crippen LogP contribution < -0.4 is 15.2 Å². The second-order valence-electron chi connectivity index (χ2n) is 3.34. The van der Waals surface area contributed by atoms with Gasteiger partial charge in [-0.1, -0.05) is 0 Å². The van der Waals surface area contributed by atoms with Gasteiger partial charge < -0.3 is 10.5 Å². The number of hydrogen-bond acceptors (Lipinski definition) is 4. The molecule has 0 fully saturated rings. The number of nitrogens with two attached hydrogens (primary N) is 1. The molecule has 3 N–H and O–H groups in total. The van der Waals surface area contributed by atoms with Gasteiger partial charge in [-0.05, 0) is 18.2 Å². The van der Waals surface area contributed by atoms with Crippen molar-refractivity contribution in [1.29, 1.82) is 0 Å². The zero-order valence-electron chi connectivity index (χ0n) is 9.28. The Kier molecular flexibility index (Phi) is 4.07. The molecule has 0 unspecified atom stereocenters. The Balaban J connectivity index is 2.96. The summed E-state index contributed by atoms with van der Waals surface area (Å²) in [7, 11) is -2.91. The van der Waals surface area contributed by atoms with Gasteiger partial charge in [0, 0.05) is 0 Å². The molecule has 0 aromatic heterocycles. The second kappa shape index (κ2) is 5.02. The van der Waals surface area contributed by atoms with Crippen molar-refractivity contribution < 1.29 is 26.3 Å². The fraction of sp³-hybridized carbons (Fsp3) is 0.333. The zero-order valence-corrected chi connectivity index (χ0v) is 10.1. The minimum Gasteiger partial charge on any atom is -0.495 e. The molecule has 1 rings (SSSR count). The standard InChI is InChI=1S/C9H11F3N2O3S/c1-17-8-3-2-6(4-7(8)13)18(15,16)14-5-9(10,11)12/h2-4,14H,5,13H2,1H3. The third kappa shape index (κ3) is 3.77. The molecule has 102 valence electrons. The molecule has 0 radical (unpaired) electrons. The highest BCUT2D eigenvalue weighted by molar-refractivity contribution is 7.89. The molecule has 9 heteroatoms. The molecule has 0 spiro atoms. The van der Waals surface area contributed by atoms with Crippen LogP contribution >= 0.6 is 0 Å². The number of hydrogen-bond donors (Lipinski definition) is 2. The number of anilines is 1. The first-order chi connectivity index (χ1) is 8.15. The van der Waals surface area contributed by atoms with Gasteiger partial charge in [-0.25, -0.2) is 13.1 Å². The molecule has 0 saturated heterocycles. The molecule has 1 aromatic rings. The first-order valence-corrected chi connectivity index (χ1v) is 6.14. The van der Waals surface area contributed by atoms with Crippen molar-refractivity contribution >= 4 is 15.7 Å². The predicted molar refractivity (Wildman–Crippen MR) is 58.6 cm³/mol. The van der Waals surface area contributed by atoms with Gasteiger partial charge in [-0.3, -0.25) is 0 Å². The zero-order chi connectivity index (χ0) is 14.0. The number of nitrogens with one attached hydrogen (secondary N) is 1. The van der Waals surface area contributed by atoms with Gasteiger partial charge >= 0.3 is 6.18 Å². The lowest BCUT2D eigenvalue weighted by Gasteiger charge is -2.10. The summed E-state index contributed by atoms with van der Waals surface area (Å²) in [6, 6.07) is 3.39. The van der Waals surface area contributed by atoms with E-state index in [1.54, 1.807) is 0 Å². The fourth-order valence-corrected chi connectivity index (χ4v) is 2.19. The van der Waals surface area contributed by atoms with E-state index in [-0.39, 0.29) is 16.3 Å². The van der Waals surface area contributed by atoms with Crippen LogP contribution in [0.3, 0.4) is 0 Å². The maximum absolute atomic E-state index is 11.9. The second-order valence-corrected chi connectivity index (χ2v) is 5.11. The Morgan fingerprint density at radius 2 is 2.00 bits per heavy atom. The first kappa shape index (κ1) is 14.6. The summed E-state index contributed by atoms with van der Waals surface area (Å²) < 4.78 is 65.1. The minimum absolute atomic E-state index is 0.0207. The Bertz CT molecular complexity index is 528. The number of ether oxygens (including phenoxy) is 1. The molecule has 5 nitrogen and oxygen atoms in total. The largest absolute Gasteiger partial charge is 0.495 e. The summed E-state index contributed by atoms with van der Waals surface area (Å²) in [5.74, 6) is 0.241. The average Bonchev–Trinajstić information content (AvgIpc) is 2.25. The maximum Gasteiger partial charge on any atom is 0.402 e. The van der Waals surface area contributed by atoms with Crippen molar-refractivity contribution in [2.24, 2.45) is 0 Å². The van der Waals surface area contributed by atoms with E-state index in [9.17, 15) is 21.6 Å². The van der Waals surface area contributed by atoms with E-state index in [4.69, 9.17) is 10.5 Å². The van der Waals surface area contributed by atoms with Crippen LogP contribution in [0.1, 0.15) is 0 Å². The molecular weight excluding hydrogens is 273 g/mol. The fourth-order valence-electron chi connectivity index (χ4n) is 1.14. The monoisotopic (exact) mass is 284 g/mol. The van der Waals surface area contributed by atoms with E-state index in [1.165, 1.54) is 17.9 Å². The molecule has 0 saturated carbocycles. The topological polar surface area (TPSA) is 81.4 Å². The lowest BCUT2D eigenvalue weighted by molar-refractivity contribution is -0.121. The predicted octanol–water partition coefficient (Wildman–Crippen LogP) is 1.12. The number of sulfonamides is 1. The Labute approximate surface area is 102 Å². The minimum atomic E-state index is -4.62. The van der Waals surface area contributed by atoms with Crippen LogP contribution in [0.25, 0.3) is 0 Å². The number of methoxy groups -OCH3 is 1. The van der Waals surface area contributed by atoms with Crippen molar-refractivity contribution in [1.82, 2.24) is 4.72 Å². The van der Waals surface area contributed by atoms with Gasteiger partial charge in [0.25, 0.3) is 0 Å². The third-order valence-corrected chi connectivity index (χ3v) is 3.37. The van der Waals surface area contributed by atoms with Gasteiger partial charge in [-0.2, -0.15) is 13.2 Å². The molecular formula is C9H11F3N2O3S. The number of nitrogen functional groups attached to an aromatic ring is 1. The molecule has 0 aliphatic carbocycles. The number of alkyl halides is 3.